The van der Waals surface area contributed by atoms with Gasteiger partial charge in [0.05, 0.1) is 0 Å². The Balaban J connectivity index is 1.71. The number of thioether (sulfide) groups is 2. The van der Waals surface area contributed by atoms with Crippen LogP contribution in [0.2, 0.25) is 0 Å². The van der Waals surface area contributed by atoms with Crippen LogP contribution in [0.5, 0.6) is 0 Å². The molecule has 1 aliphatic carbocycles. The maximum atomic E-state index is 12.4. The van der Waals surface area contributed by atoms with Gasteiger partial charge in [-0.15, -0.1) is 23.5 Å². The highest BCUT2D eigenvalue weighted by molar-refractivity contribution is 8.25. The highest BCUT2D eigenvalue weighted by atomic mass is 32.2. The smallest absolute Gasteiger partial charge is 0.186 e. The first-order valence-corrected chi connectivity index (χ1v) is 9.18. The van der Waals surface area contributed by atoms with E-state index in [0.29, 0.717) is 0 Å². The summed E-state index contributed by atoms with van der Waals surface area (Å²) >= 11 is 3.69. The Morgan fingerprint density at radius 1 is 1.05 bits per heavy atom. The summed E-state index contributed by atoms with van der Waals surface area (Å²) in [4.78, 5) is 12.4. The minimum atomic E-state index is 0.264. The summed E-state index contributed by atoms with van der Waals surface area (Å²) in [7, 11) is 0. The summed E-state index contributed by atoms with van der Waals surface area (Å²) in [6.45, 7) is 2.08. The van der Waals surface area contributed by atoms with Crippen molar-refractivity contribution >= 4 is 35.4 Å². The van der Waals surface area contributed by atoms with Crippen LogP contribution in [0.4, 0.5) is 0 Å². The molecule has 1 aliphatic heterocycles. The van der Waals surface area contributed by atoms with Gasteiger partial charge in [-0.2, -0.15) is 0 Å². The lowest BCUT2D eigenvalue weighted by atomic mass is 10.1. The molecular weight excluding hydrogens is 296 g/mol. The fourth-order valence-electron chi connectivity index (χ4n) is 2.47. The Hall–Kier alpha value is -1.19. The van der Waals surface area contributed by atoms with Crippen LogP contribution in [-0.4, -0.2) is 17.3 Å². The number of ketones is 1. The molecule has 2 fully saturated rings. The second-order valence-electron chi connectivity index (χ2n) is 5.25. The van der Waals surface area contributed by atoms with Crippen LogP contribution in [0.3, 0.4) is 0 Å². The standard InChI is InChI=1S/C18H18OS2/c1-13-5-7-14(8-6-13)3-2-4-15-9-10-16(17(15)19)18-20-11-12-21-18/h2-8H,9-12H2,1H3. The van der Waals surface area contributed by atoms with E-state index in [-0.39, 0.29) is 5.78 Å². The summed E-state index contributed by atoms with van der Waals surface area (Å²) in [5.41, 5.74) is 4.44. The van der Waals surface area contributed by atoms with Crippen molar-refractivity contribution in [1.82, 2.24) is 0 Å². The zero-order chi connectivity index (χ0) is 14.7. The summed E-state index contributed by atoms with van der Waals surface area (Å²) in [6, 6.07) is 8.40. The van der Waals surface area contributed by atoms with Crippen LogP contribution in [0.15, 0.2) is 51.8 Å². The highest BCUT2D eigenvalue weighted by Gasteiger charge is 2.27. The minimum absolute atomic E-state index is 0.264. The van der Waals surface area contributed by atoms with Crippen LogP contribution >= 0.6 is 23.5 Å². The quantitative estimate of drug-likeness (QED) is 0.716. The van der Waals surface area contributed by atoms with Crippen molar-refractivity contribution < 1.29 is 4.79 Å². The molecule has 0 amide bonds. The van der Waals surface area contributed by atoms with Crippen LogP contribution in [-0.2, 0) is 4.79 Å². The predicted octanol–water partition coefficient (Wildman–Crippen LogP) is 4.99. The van der Waals surface area contributed by atoms with Gasteiger partial charge in [-0.1, -0.05) is 48.1 Å². The van der Waals surface area contributed by atoms with E-state index >= 15 is 0 Å². The molecule has 0 bridgehead atoms. The Morgan fingerprint density at radius 3 is 2.48 bits per heavy atom. The highest BCUT2D eigenvalue weighted by Crippen LogP contribution is 2.43. The molecule has 1 nitrogen and oxygen atoms in total. The molecule has 2 aliphatic rings. The van der Waals surface area contributed by atoms with E-state index < -0.39 is 0 Å². The van der Waals surface area contributed by atoms with Crippen molar-refractivity contribution in [2.24, 2.45) is 0 Å². The summed E-state index contributed by atoms with van der Waals surface area (Å²) < 4.78 is 1.27. The van der Waals surface area contributed by atoms with Crippen molar-refractivity contribution in [3.05, 3.63) is 62.9 Å². The Labute approximate surface area is 134 Å². The van der Waals surface area contributed by atoms with E-state index in [1.807, 2.05) is 35.7 Å². The van der Waals surface area contributed by atoms with Crippen LogP contribution in [0, 0.1) is 6.92 Å². The molecule has 0 atom stereocenters. The van der Waals surface area contributed by atoms with Crippen molar-refractivity contribution in [2.75, 3.05) is 11.5 Å². The first-order chi connectivity index (χ1) is 10.2. The summed E-state index contributed by atoms with van der Waals surface area (Å²) in [5.74, 6) is 2.55. The number of benzene rings is 1. The fraction of sp³-hybridized carbons (Fsp3) is 0.278. The maximum Gasteiger partial charge on any atom is 0.186 e. The number of hydrogen-bond acceptors (Lipinski definition) is 3. The van der Waals surface area contributed by atoms with Gasteiger partial charge in [0.25, 0.3) is 0 Å². The molecule has 0 unspecified atom stereocenters. The number of rotatable bonds is 2. The molecular formula is C18H18OS2. The minimum Gasteiger partial charge on any atom is -0.289 e. The van der Waals surface area contributed by atoms with Gasteiger partial charge in [0, 0.05) is 26.9 Å². The van der Waals surface area contributed by atoms with Crippen molar-refractivity contribution in [1.29, 1.82) is 0 Å². The largest absolute Gasteiger partial charge is 0.289 e. The van der Waals surface area contributed by atoms with Crippen molar-refractivity contribution in [2.45, 2.75) is 19.8 Å². The van der Waals surface area contributed by atoms with E-state index in [1.165, 1.54) is 15.4 Å². The fourth-order valence-corrected chi connectivity index (χ4v) is 5.08. The molecule has 1 aromatic rings. The molecule has 108 valence electrons. The second-order valence-corrected chi connectivity index (χ2v) is 7.72. The molecule has 21 heavy (non-hydrogen) atoms. The van der Waals surface area contributed by atoms with Gasteiger partial charge in [-0.25, -0.2) is 0 Å². The first kappa shape index (κ1) is 14.7. The Bertz CT molecular complexity index is 628. The number of aryl methyl sites for hydroxylation is 1. The van der Waals surface area contributed by atoms with E-state index in [2.05, 4.69) is 37.3 Å². The van der Waals surface area contributed by atoms with Crippen molar-refractivity contribution in [3.63, 3.8) is 0 Å². The van der Waals surface area contributed by atoms with Gasteiger partial charge >= 0.3 is 0 Å². The van der Waals surface area contributed by atoms with Crippen LogP contribution in [0.25, 0.3) is 6.08 Å². The number of carbonyl (C=O) groups excluding carboxylic acids is 1. The zero-order valence-electron chi connectivity index (χ0n) is 12.1. The van der Waals surface area contributed by atoms with Gasteiger partial charge in [-0.05, 0) is 25.3 Å². The van der Waals surface area contributed by atoms with E-state index in [4.69, 9.17) is 0 Å². The monoisotopic (exact) mass is 314 g/mol. The molecule has 0 spiro atoms. The first-order valence-electron chi connectivity index (χ1n) is 7.21. The van der Waals surface area contributed by atoms with Crippen LogP contribution in [0.1, 0.15) is 24.0 Å². The van der Waals surface area contributed by atoms with Crippen molar-refractivity contribution in [3.8, 4) is 0 Å². The van der Waals surface area contributed by atoms with E-state index in [1.54, 1.807) is 0 Å². The van der Waals surface area contributed by atoms with Gasteiger partial charge in [0.2, 0.25) is 0 Å². The third-order valence-electron chi connectivity index (χ3n) is 3.67. The molecule has 0 aromatic heterocycles. The lowest BCUT2D eigenvalue weighted by Crippen LogP contribution is -1.96. The molecule has 3 rings (SSSR count). The normalized spacial score (nSPS) is 21.2. The molecule has 0 radical (unpaired) electrons. The molecule has 1 aromatic carbocycles. The Kier molecular flexibility index (Phi) is 4.71. The van der Waals surface area contributed by atoms with Gasteiger partial charge in [0.1, 0.15) is 0 Å². The lowest BCUT2D eigenvalue weighted by Gasteiger charge is -1.98. The molecule has 3 heteroatoms. The van der Waals surface area contributed by atoms with Gasteiger partial charge in [-0.3, -0.25) is 4.79 Å². The summed E-state index contributed by atoms with van der Waals surface area (Å²) in [5, 5.41) is 0. The SMILES string of the molecule is Cc1ccc(C=CC=C2CCC(=C3SCCS3)C2=O)cc1. The molecule has 0 N–H and O–H groups in total. The third-order valence-corrected chi connectivity index (χ3v) is 6.47. The summed E-state index contributed by atoms with van der Waals surface area (Å²) in [6.07, 6.45) is 7.85. The molecule has 1 saturated carbocycles. The van der Waals surface area contributed by atoms with E-state index in [0.717, 1.165) is 35.5 Å². The van der Waals surface area contributed by atoms with Gasteiger partial charge in [0.15, 0.2) is 5.78 Å². The predicted molar refractivity (Wildman–Crippen MR) is 94.5 cm³/mol. The average Bonchev–Trinajstić information content (AvgIpc) is 3.12. The maximum absolute atomic E-state index is 12.4. The lowest BCUT2D eigenvalue weighted by molar-refractivity contribution is -0.111. The van der Waals surface area contributed by atoms with Gasteiger partial charge < -0.3 is 0 Å². The average molecular weight is 314 g/mol. The molecule has 1 saturated heterocycles. The molecule has 1 heterocycles. The number of hydrogen-bond donors (Lipinski definition) is 0. The van der Waals surface area contributed by atoms with Crippen LogP contribution < -0.4 is 0 Å². The number of Topliss-reactive ketones (excluding diaryl/α,β-unsaturated/α-hetero) is 1. The zero-order valence-corrected chi connectivity index (χ0v) is 13.7. The number of carbonyl (C=O) groups is 1. The number of allylic oxidation sites excluding steroid dienone is 4. The van der Waals surface area contributed by atoms with E-state index in [9.17, 15) is 4.79 Å². The second kappa shape index (κ2) is 6.71. The third kappa shape index (κ3) is 3.53. The topological polar surface area (TPSA) is 17.1 Å². The Morgan fingerprint density at radius 2 is 1.76 bits per heavy atom.